The lowest BCUT2D eigenvalue weighted by Gasteiger charge is -2.32. The van der Waals surface area contributed by atoms with E-state index >= 15 is 0 Å². The minimum atomic E-state index is -0.381. The van der Waals surface area contributed by atoms with Crippen molar-refractivity contribution in [3.8, 4) is 0 Å². The summed E-state index contributed by atoms with van der Waals surface area (Å²) in [6.07, 6.45) is 2.00. The van der Waals surface area contributed by atoms with Gasteiger partial charge in [-0.2, -0.15) is 0 Å². The molecule has 1 aromatic carbocycles. The molecule has 0 unspecified atom stereocenters. The highest BCUT2D eigenvalue weighted by Crippen LogP contribution is 2.31. The smallest absolute Gasteiger partial charge is 0.255 e. The van der Waals surface area contributed by atoms with Gasteiger partial charge in [-0.25, -0.2) is 4.39 Å². The molecule has 2 rings (SSSR count). The molecule has 4 heteroatoms. The number of benzene rings is 1. The number of amides is 1. The van der Waals surface area contributed by atoms with Gasteiger partial charge in [-0.1, -0.05) is 0 Å². The maximum atomic E-state index is 13.2. The van der Waals surface area contributed by atoms with Gasteiger partial charge in [0.25, 0.3) is 5.91 Å². The summed E-state index contributed by atoms with van der Waals surface area (Å²) in [6.45, 7) is 4.84. The second kappa shape index (κ2) is 4.41. The Labute approximate surface area is 109 Å². The van der Waals surface area contributed by atoms with Crippen molar-refractivity contribution in [1.82, 2.24) is 4.90 Å². The Bertz CT molecular complexity index is 459. The van der Waals surface area contributed by atoms with E-state index in [1.165, 1.54) is 12.1 Å². The Morgan fingerprint density at radius 2 is 2.18 bits per heavy atom. The first kappa shape index (κ1) is 12.6. The Balaban J connectivity index is 2.34. The maximum Gasteiger partial charge on any atom is 0.255 e. The molecule has 1 saturated heterocycles. The van der Waals surface area contributed by atoms with Crippen molar-refractivity contribution in [2.45, 2.75) is 32.2 Å². The average Bonchev–Trinajstić information content (AvgIpc) is 2.61. The van der Waals surface area contributed by atoms with Gasteiger partial charge in [0, 0.05) is 16.6 Å². The zero-order valence-corrected chi connectivity index (χ0v) is 11.6. The summed E-state index contributed by atoms with van der Waals surface area (Å²) < 4.78 is 13.8. The Kier molecular flexibility index (Phi) is 3.25. The fourth-order valence-electron chi connectivity index (χ4n) is 2.29. The predicted octanol–water partition coefficient (Wildman–Crippen LogP) is 3.60. The monoisotopic (exact) mass is 299 g/mol. The van der Waals surface area contributed by atoms with Crippen LogP contribution < -0.4 is 0 Å². The molecule has 92 valence electrons. The first-order valence-electron chi connectivity index (χ1n) is 5.69. The molecule has 1 heterocycles. The Hall–Kier alpha value is -0.900. The molecular formula is C13H15BrFNO. The number of likely N-dealkylation sites (tertiary alicyclic amines) is 1. The number of carbonyl (C=O) groups is 1. The molecule has 0 aliphatic carbocycles. The number of hydrogen-bond donors (Lipinski definition) is 0. The molecule has 1 aromatic rings. The summed E-state index contributed by atoms with van der Waals surface area (Å²) in [5.74, 6) is -0.479. The van der Waals surface area contributed by atoms with E-state index in [0.717, 1.165) is 19.4 Å². The van der Waals surface area contributed by atoms with Crippen LogP contribution in [0.4, 0.5) is 4.39 Å². The molecule has 0 saturated carbocycles. The van der Waals surface area contributed by atoms with E-state index in [-0.39, 0.29) is 17.3 Å². The van der Waals surface area contributed by atoms with Crippen molar-refractivity contribution in [1.29, 1.82) is 0 Å². The highest BCUT2D eigenvalue weighted by atomic mass is 79.9. The normalized spacial score (nSPS) is 18.5. The number of rotatable bonds is 1. The van der Waals surface area contributed by atoms with E-state index in [1.807, 2.05) is 18.7 Å². The first-order valence-corrected chi connectivity index (χ1v) is 6.48. The maximum absolute atomic E-state index is 13.2. The zero-order valence-electron chi connectivity index (χ0n) is 9.96. The van der Waals surface area contributed by atoms with Crippen molar-refractivity contribution in [2.75, 3.05) is 6.54 Å². The molecule has 1 aliphatic rings. The summed E-state index contributed by atoms with van der Waals surface area (Å²) in [4.78, 5) is 14.2. The Morgan fingerprint density at radius 3 is 2.76 bits per heavy atom. The van der Waals surface area contributed by atoms with Gasteiger partial charge in [0.05, 0.1) is 5.56 Å². The molecule has 0 atom stereocenters. The fourth-order valence-corrected chi connectivity index (χ4v) is 2.71. The lowest BCUT2D eigenvalue weighted by atomic mass is 10.0. The quantitative estimate of drug-likeness (QED) is 0.776. The molecular weight excluding hydrogens is 285 g/mol. The molecule has 0 radical (unpaired) electrons. The summed E-state index contributed by atoms with van der Waals surface area (Å²) in [5, 5.41) is 0. The van der Waals surface area contributed by atoms with Crippen LogP contribution in [0.1, 0.15) is 37.0 Å². The van der Waals surface area contributed by atoms with E-state index in [0.29, 0.717) is 10.0 Å². The van der Waals surface area contributed by atoms with Crippen molar-refractivity contribution in [2.24, 2.45) is 0 Å². The van der Waals surface area contributed by atoms with E-state index in [1.54, 1.807) is 6.07 Å². The predicted molar refractivity (Wildman–Crippen MR) is 68.4 cm³/mol. The minimum absolute atomic E-state index is 0.0983. The van der Waals surface area contributed by atoms with Gasteiger partial charge in [-0.05, 0) is 60.8 Å². The van der Waals surface area contributed by atoms with Crippen molar-refractivity contribution >= 4 is 21.8 Å². The van der Waals surface area contributed by atoms with Gasteiger partial charge < -0.3 is 4.90 Å². The van der Waals surface area contributed by atoms with Gasteiger partial charge >= 0.3 is 0 Å². The van der Waals surface area contributed by atoms with Crippen LogP contribution in [0.5, 0.6) is 0 Å². The first-order chi connectivity index (χ1) is 7.92. The zero-order chi connectivity index (χ0) is 12.6. The average molecular weight is 300 g/mol. The van der Waals surface area contributed by atoms with E-state index in [4.69, 9.17) is 0 Å². The molecule has 1 aliphatic heterocycles. The third kappa shape index (κ3) is 2.37. The van der Waals surface area contributed by atoms with Crippen LogP contribution in [0.15, 0.2) is 22.7 Å². The number of hydrogen-bond acceptors (Lipinski definition) is 1. The van der Waals surface area contributed by atoms with Crippen LogP contribution >= 0.6 is 15.9 Å². The topological polar surface area (TPSA) is 20.3 Å². The molecule has 2 nitrogen and oxygen atoms in total. The van der Waals surface area contributed by atoms with Crippen LogP contribution in [0, 0.1) is 5.82 Å². The SMILES string of the molecule is CC1(C)CCCN1C(=O)c1cc(F)ccc1Br. The molecule has 0 bridgehead atoms. The number of halogens is 2. The summed E-state index contributed by atoms with van der Waals surface area (Å²) >= 11 is 3.30. The highest BCUT2D eigenvalue weighted by molar-refractivity contribution is 9.10. The fraction of sp³-hybridized carbons (Fsp3) is 0.462. The third-order valence-electron chi connectivity index (χ3n) is 3.30. The van der Waals surface area contributed by atoms with Gasteiger partial charge in [0.2, 0.25) is 0 Å². The second-order valence-corrected chi connectivity index (χ2v) is 5.85. The van der Waals surface area contributed by atoms with Crippen LogP contribution in [0.3, 0.4) is 0 Å². The molecule has 1 amide bonds. The van der Waals surface area contributed by atoms with Gasteiger partial charge in [-0.15, -0.1) is 0 Å². The summed E-state index contributed by atoms with van der Waals surface area (Å²) in [7, 11) is 0. The van der Waals surface area contributed by atoms with Crippen LogP contribution in [0.25, 0.3) is 0 Å². The van der Waals surface area contributed by atoms with E-state index < -0.39 is 0 Å². The molecule has 1 fully saturated rings. The lowest BCUT2D eigenvalue weighted by molar-refractivity contribution is 0.0650. The van der Waals surface area contributed by atoms with Crippen LogP contribution in [-0.4, -0.2) is 22.9 Å². The number of nitrogens with zero attached hydrogens (tertiary/aromatic N) is 1. The standard InChI is InChI=1S/C13H15BrFNO/c1-13(2)6-3-7-16(13)12(17)10-8-9(15)4-5-11(10)14/h4-5,8H,3,6-7H2,1-2H3. The van der Waals surface area contributed by atoms with Crippen LogP contribution in [0.2, 0.25) is 0 Å². The van der Waals surface area contributed by atoms with Gasteiger partial charge in [0.1, 0.15) is 5.82 Å². The van der Waals surface area contributed by atoms with E-state index in [9.17, 15) is 9.18 Å². The minimum Gasteiger partial charge on any atom is -0.333 e. The molecule has 0 spiro atoms. The van der Waals surface area contributed by atoms with Crippen LogP contribution in [-0.2, 0) is 0 Å². The second-order valence-electron chi connectivity index (χ2n) is 5.00. The number of carbonyl (C=O) groups excluding carboxylic acids is 1. The Morgan fingerprint density at radius 1 is 1.47 bits per heavy atom. The van der Waals surface area contributed by atoms with E-state index in [2.05, 4.69) is 15.9 Å². The van der Waals surface area contributed by atoms with Gasteiger partial charge in [-0.3, -0.25) is 4.79 Å². The van der Waals surface area contributed by atoms with Crippen molar-refractivity contribution in [3.05, 3.63) is 34.1 Å². The summed E-state index contributed by atoms with van der Waals surface area (Å²) in [5.41, 5.74) is 0.267. The van der Waals surface area contributed by atoms with Gasteiger partial charge in [0.15, 0.2) is 0 Å². The van der Waals surface area contributed by atoms with Crippen molar-refractivity contribution in [3.63, 3.8) is 0 Å². The molecule has 17 heavy (non-hydrogen) atoms. The molecule has 0 aromatic heterocycles. The third-order valence-corrected chi connectivity index (χ3v) is 4.00. The largest absolute Gasteiger partial charge is 0.333 e. The highest BCUT2D eigenvalue weighted by Gasteiger charge is 2.36. The van der Waals surface area contributed by atoms with Crippen molar-refractivity contribution < 1.29 is 9.18 Å². The molecule has 0 N–H and O–H groups in total. The lowest BCUT2D eigenvalue weighted by Crippen LogP contribution is -2.42. The summed E-state index contributed by atoms with van der Waals surface area (Å²) in [6, 6.07) is 4.21.